The Balaban J connectivity index is 1.17. The van der Waals surface area contributed by atoms with Gasteiger partial charge in [-0.1, -0.05) is 98.8 Å². The summed E-state index contributed by atoms with van der Waals surface area (Å²) in [6, 6.07) is 36.0. The largest absolute Gasteiger partial charge is 0.313 e. The van der Waals surface area contributed by atoms with Crippen LogP contribution in [0.2, 0.25) is 0 Å². The van der Waals surface area contributed by atoms with Crippen LogP contribution in [0.25, 0.3) is 50.2 Å². The third-order valence-corrected chi connectivity index (χ3v) is 9.87. The van der Waals surface area contributed by atoms with Gasteiger partial charge in [-0.05, 0) is 72.9 Å². The van der Waals surface area contributed by atoms with Gasteiger partial charge in [-0.15, -0.1) is 0 Å². The van der Waals surface area contributed by atoms with E-state index in [0.29, 0.717) is 5.92 Å². The van der Waals surface area contributed by atoms with Crippen molar-refractivity contribution in [3.63, 3.8) is 0 Å². The van der Waals surface area contributed by atoms with Crippen LogP contribution in [-0.4, -0.2) is 9.13 Å². The molecule has 2 aliphatic carbocycles. The van der Waals surface area contributed by atoms with Crippen LogP contribution < -0.4 is 0 Å². The van der Waals surface area contributed by atoms with Crippen LogP contribution in [0.4, 0.5) is 0 Å². The molecule has 0 fully saturated rings. The number of hydrogen-bond acceptors (Lipinski definition) is 0. The van der Waals surface area contributed by atoms with E-state index < -0.39 is 0 Å². The van der Waals surface area contributed by atoms with Crippen LogP contribution >= 0.6 is 0 Å². The first kappa shape index (κ1) is 23.6. The van der Waals surface area contributed by atoms with Crippen LogP contribution in [0, 0.1) is 5.92 Å². The van der Waals surface area contributed by atoms with E-state index in [0.717, 1.165) is 25.7 Å². The van der Waals surface area contributed by atoms with E-state index in [4.69, 9.17) is 0 Å². The number of para-hydroxylation sites is 3. The summed E-state index contributed by atoms with van der Waals surface area (Å²) in [5.74, 6) is 0.517. The molecule has 2 unspecified atom stereocenters. The van der Waals surface area contributed by atoms with Gasteiger partial charge >= 0.3 is 0 Å². The van der Waals surface area contributed by atoms with Crippen molar-refractivity contribution in [3.05, 3.63) is 126 Å². The molecule has 0 saturated heterocycles. The number of aromatic nitrogens is 2. The zero-order valence-electron chi connectivity index (χ0n) is 23.3. The van der Waals surface area contributed by atoms with Gasteiger partial charge in [-0.3, -0.25) is 0 Å². The molecule has 4 aromatic carbocycles. The minimum atomic E-state index is 0.0989. The molecule has 0 spiro atoms. The Kier molecular flexibility index (Phi) is 5.22. The highest BCUT2D eigenvalue weighted by molar-refractivity contribution is 6.10. The summed E-state index contributed by atoms with van der Waals surface area (Å²) in [6.07, 6.45) is 11.4. The average Bonchev–Trinajstić information content (AvgIpc) is 3.52. The summed E-state index contributed by atoms with van der Waals surface area (Å²) in [5.41, 5.74) is 11.0. The monoisotopic (exact) mass is 518 g/mol. The molecule has 0 bridgehead atoms. The van der Waals surface area contributed by atoms with Crippen LogP contribution in [-0.2, 0) is 11.8 Å². The fraction of sp³-hybridized carbons (Fsp3) is 0.211. The second-order valence-electron chi connectivity index (χ2n) is 12.0. The lowest BCUT2D eigenvalue weighted by molar-refractivity contribution is 0.307. The second-order valence-corrected chi connectivity index (χ2v) is 12.0. The molecule has 0 aliphatic heterocycles. The molecule has 2 heterocycles. The maximum Gasteiger partial charge on any atom is 0.0537 e. The van der Waals surface area contributed by atoms with Crippen molar-refractivity contribution in [1.29, 1.82) is 0 Å². The molecular formula is C38H34N2. The van der Waals surface area contributed by atoms with Gasteiger partial charge in [0, 0.05) is 38.8 Å². The maximum absolute atomic E-state index is 2.51. The van der Waals surface area contributed by atoms with Crippen LogP contribution in [0.5, 0.6) is 0 Å². The summed E-state index contributed by atoms with van der Waals surface area (Å²) in [6.45, 7) is 4.90. The first-order chi connectivity index (χ1) is 19.6. The van der Waals surface area contributed by atoms with Crippen molar-refractivity contribution < 1.29 is 0 Å². The Labute approximate surface area is 235 Å². The lowest BCUT2D eigenvalue weighted by Gasteiger charge is -2.40. The topological polar surface area (TPSA) is 9.86 Å². The van der Waals surface area contributed by atoms with Crippen molar-refractivity contribution in [2.75, 3.05) is 0 Å². The maximum atomic E-state index is 2.51. The number of fused-ring (bicyclic) bond motifs is 6. The van der Waals surface area contributed by atoms with E-state index in [-0.39, 0.29) is 5.41 Å². The fourth-order valence-electron chi connectivity index (χ4n) is 7.43. The highest BCUT2D eigenvalue weighted by atomic mass is 15.0. The highest BCUT2D eigenvalue weighted by Gasteiger charge is 2.36. The molecule has 2 heteroatoms. The van der Waals surface area contributed by atoms with E-state index in [1.165, 1.54) is 60.9 Å². The normalized spacial score (nSPS) is 20.8. The van der Waals surface area contributed by atoms with Gasteiger partial charge in [0.05, 0.1) is 16.6 Å². The lowest BCUT2D eigenvalue weighted by atomic mass is 9.66. The SMILES string of the molecule is CC1CC(n2c3ccccc3c3ccccc32)=CCC1(C)c1ccc(-n2c3c(c4ccccc42)C=CCC3)cc1. The van der Waals surface area contributed by atoms with E-state index >= 15 is 0 Å². The minimum absolute atomic E-state index is 0.0989. The molecule has 6 aromatic rings. The van der Waals surface area contributed by atoms with E-state index in [2.05, 4.69) is 138 Å². The second kappa shape index (κ2) is 8.86. The van der Waals surface area contributed by atoms with Gasteiger partial charge < -0.3 is 9.13 Å². The fourth-order valence-corrected chi connectivity index (χ4v) is 7.43. The molecule has 0 radical (unpaired) electrons. The van der Waals surface area contributed by atoms with Crippen LogP contribution in [0.1, 0.15) is 49.9 Å². The van der Waals surface area contributed by atoms with E-state index in [1.54, 1.807) is 0 Å². The Morgan fingerprint density at radius 1 is 0.700 bits per heavy atom. The zero-order chi connectivity index (χ0) is 26.8. The van der Waals surface area contributed by atoms with Crippen LogP contribution in [0.3, 0.4) is 0 Å². The lowest BCUT2D eigenvalue weighted by Crippen LogP contribution is -2.33. The molecular weight excluding hydrogens is 484 g/mol. The summed E-state index contributed by atoms with van der Waals surface area (Å²) < 4.78 is 5.00. The molecule has 2 atom stereocenters. The van der Waals surface area contributed by atoms with Gasteiger partial charge in [-0.25, -0.2) is 0 Å². The van der Waals surface area contributed by atoms with Gasteiger partial charge in [0.2, 0.25) is 0 Å². The Morgan fingerprint density at radius 2 is 1.30 bits per heavy atom. The molecule has 40 heavy (non-hydrogen) atoms. The van der Waals surface area contributed by atoms with E-state index in [9.17, 15) is 0 Å². The predicted octanol–water partition coefficient (Wildman–Crippen LogP) is 9.93. The molecule has 2 nitrogen and oxygen atoms in total. The van der Waals surface area contributed by atoms with Crippen molar-refractivity contribution in [2.45, 2.75) is 44.9 Å². The zero-order valence-corrected chi connectivity index (χ0v) is 23.3. The van der Waals surface area contributed by atoms with Crippen molar-refractivity contribution in [2.24, 2.45) is 5.92 Å². The van der Waals surface area contributed by atoms with E-state index in [1.807, 2.05) is 0 Å². The Morgan fingerprint density at radius 3 is 1.95 bits per heavy atom. The first-order valence-electron chi connectivity index (χ1n) is 14.7. The Bertz CT molecular complexity index is 1920. The third kappa shape index (κ3) is 3.35. The molecule has 2 aromatic heterocycles. The number of benzene rings is 4. The predicted molar refractivity (Wildman–Crippen MR) is 170 cm³/mol. The van der Waals surface area contributed by atoms with Crippen LogP contribution in [0.15, 0.2) is 109 Å². The van der Waals surface area contributed by atoms with Crippen molar-refractivity contribution in [3.8, 4) is 5.69 Å². The summed E-state index contributed by atoms with van der Waals surface area (Å²) in [5, 5.41) is 4.03. The smallest absolute Gasteiger partial charge is 0.0537 e. The number of allylic oxidation sites excluding steroid dienone is 3. The minimum Gasteiger partial charge on any atom is -0.313 e. The number of rotatable bonds is 3. The molecule has 0 N–H and O–H groups in total. The number of hydrogen-bond donors (Lipinski definition) is 0. The van der Waals surface area contributed by atoms with Gasteiger partial charge in [0.15, 0.2) is 0 Å². The first-order valence-corrected chi connectivity index (χ1v) is 14.7. The quantitative estimate of drug-likeness (QED) is 0.221. The molecule has 8 rings (SSSR count). The molecule has 0 amide bonds. The number of nitrogens with zero attached hydrogens (tertiary/aromatic N) is 2. The van der Waals surface area contributed by atoms with Gasteiger partial charge in [-0.2, -0.15) is 0 Å². The van der Waals surface area contributed by atoms with Gasteiger partial charge in [0.25, 0.3) is 0 Å². The summed E-state index contributed by atoms with van der Waals surface area (Å²) >= 11 is 0. The molecule has 196 valence electrons. The highest BCUT2D eigenvalue weighted by Crippen LogP contribution is 2.46. The van der Waals surface area contributed by atoms with Crippen molar-refractivity contribution in [1.82, 2.24) is 9.13 Å². The summed E-state index contributed by atoms with van der Waals surface area (Å²) in [4.78, 5) is 0. The van der Waals surface area contributed by atoms with Crippen molar-refractivity contribution >= 4 is 44.5 Å². The Hall–Kier alpha value is -4.30. The average molecular weight is 519 g/mol. The van der Waals surface area contributed by atoms with Gasteiger partial charge in [0.1, 0.15) is 0 Å². The summed E-state index contributed by atoms with van der Waals surface area (Å²) in [7, 11) is 0. The standard InChI is InChI=1S/C38H34N2/c1-26-25-29(40-36-17-9-5-13-32(36)33-14-6-10-18-37(33)40)23-24-38(26,2)27-19-21-28(22-20-27)39-34-15-7-3-11-30(34)31-12-4-8-16-35(31)39/h3-7,9-15,17-23,26H,8,16,24-25H2,1-2H3. The third-order valence-electron chi connectivity index (χ3n) is 9.87. The molecule has 2 aliphatic rings. The molecule has 0 saturated carbocycles.